The molecule has 3 nitrogen and oxygen atoms in total. The van der Waals surface area contributed by atoms with Crippen molar-refractivity contribution in [3.63, 3.8) is 0 Å². The number of aromatic nitrogens is 2. The number of benzene rings is 1. The van der Waals surface area contributed by atoms with Crippen molar-refractivity contribution in [3.8, 4) is 11.3 Å². The van der Waals surface area contributed by atoms with E-state index in [1.165, 1.54) is 0 Å². The third-order valence-corrected chi connectivity index (χ3v) is 3.72. The van der Waals surface area contributed by atoms with Gasteiger partial charge in [-0.1, -0.05) is 0 Å². The van der Waals surface area contributed by atoms with E-state index >= 15 is 0 Å². The predicted octanol–water partition coefficient (Wildman–Crippen LogP) is 4.81. The smallest absolute Gasteiger partial charge is 0.153 e. The fourth-order valence-electron chi connectivity index (χ4n) is 2.30. The van der Waals surface area contributed by atoms with Gasteiger partial charge in [-0.15, -0.1) is 0 Å². The highest BCUT2D eigenvalue weighted by Gasteiger charge is 2.09. The molecule has 0 saturated heterocycles. The van der Waals surface area contributed by atoms with Crippen LogP contribution in [0.4, 0.5) is 0 Å². The highest BCUT2D eigenvalue weighted by molar-refractivity contribution is 9.10. The van der Waals surface area contributed by atoms with Crippen LogP contribution in [-0.2, 0) is 0 Å². The summed E-state index contributed by atoms with van der Waals surface area (Å²) < 4.78 is 6.74. The quantitative estimate of drug-likeness (QED) is 0.504. The van der Waals surface area contributed by atoms with Crippen LogP contribution in [0.25, 0.3) is 33.3 Å². The van der Waals surface area contributed by atoms with Crippen molar-refractivity contribution < 1.29 is 4.42 Å². The Morgan fingerprint density at radius 1 is 0.950 bits per heavy atom. The fraction of sp³-hybridized carbons (Fsp3) is 0. The molecule has 0 radical (unpaired) electrons. The third kappa shape index (κ3) is 1.80. The van der Waals surface area contributed by atoms with Crippen LogP contribution in [0, 0.1) is 0 Å². The lowest BCUT2D eigenvalue weighted by Crippen LogP contribution is -1.82. The molecule has 0 aliphatic carbocycles. The maximum Gasteiger partial charge on any atom is 0.153 e. The molecule has 96 valence electrons. The number of fused-ring (bicyclic) bond motifs is 3. The fourth-order valence-corrected chi connectivity index (χ4v) is 2.54. The molecule has 4 rings (SSSR count). The molecule has 4 heteroatoms. The number of halogens is 1. The zero-order valence-corrected chi connectivity index (χ0v) is 12.0. The molecule has 0 N–H and O–H groups in total. The van der Waals surface area contributed by atoms with Gasteiger partial charge in [0.2, 0.25) is 0 Å². The van der Waals surface area contributed by atoms with Crippen LogP contribution in [0.2, 0.25) is 0 Å². The molecule has 1 aromatic carbocycles. The van der Waals surface area contributed by atoms with Crippen LogP contribution < -0.4 is 0 Å². The lowest BCUT2D eigenvalue weighted by Gasteiger charge is -2.00. The Labute approximate surface area is 123 Å². The minimum atomic E-state index is 0.809. The summed E-state index contributed by atoms with van der Waals surface area (Å²) in [6.45, 7) is 0. The maximum absolute atomic E-state index is 5.77. The van der Waals surface area contributed by atoms with Gasteiger partial charge >= 0.3 is 0 Å². The molecule has 0 bridgehead atoms. The Morgan fingerprint density at radius 2 is 1.90 bits per heavy atom. The van der Waals surface area contributed by atoms with Crippen LogP contribution in [0.5, 0.6) is 0 Å². The van der Waals surface area contributed by atoms with Gasteiger partial charge in [0.1, 0.15) is 11.1 Å². The van der Waals surface area contributed by atoms with E-state index in [1.807, 2.05) is 36.4 Å². The second kappa shape index (κ2) is 4.42. The first kappa shape index (κ1) is 11.6. The third-order valence-electron chi connectivity index (χ3n) is 3.25. The molecule has 0 fully saturated rings. The standard InChI is InChI=1S/C16H9BrN2O/c17-11-4-5-13(19-9-11)10-3-6-14-12(8-10)16-15(20-14)2-1-7-18-16/h1-9H. The van der Waals surface area contributed by atoms with Gasteiger partial charge in [-0.25, -0.2) is 0 Å². The maximum atomic E-state index is 5.77. The number of nitrogens with zero attached hydrogens (tertiary/aromatic N) is 2. The number of rotatable bonds is 1. The summed E-state index contributed by atoms with van der Waals surface area (Å²) in [5.41, 5.74) is 4.53. The summed E-state index contributed by atoms with van der Waals surface area (Å²) in [5.74, 6) is 0. The van der Waals surface area contributed by atoms with Crippen LogP contribution >= 0.6 is 15.9 Å². The van der Waals surface area contributed by atoms with E-state index in [0.717, 1.165) is 37.8 Å². The van der Waals surface area contributed by atoms with E-state index in [4.69, 9.17) is 4.42 Å². The molecule has 0 spiro atoms. The van der Waals surface area contributed by atoms with Crippen molar-refractivity contribution in [2.24, 2.45) is 0 Å². The van der Waals surface area contributed by atoms with Crippen molar-refractivity contribution in [1.82, 2.24) is 9.97 Å². The summed E-state index contributed by atoms with van der Waals surface area (Å²) in [6.07, 6.45) is 3.58. The molecule has 20 heavy (non-hydrogen) atoms. The average molecular weight is 325 g/mol. The topological polar surface area (TPSA) is 38.9 Å². The van der Waals surface area contributed by atoms with Crippen molar-refractivity contribution in [2.75, 3.05) is 0 Å². The second-order valence-corrected chi connectivity index (χ2v) is 5.44. The zero-order valence-electron chi connectivity index (χ0n) is 10.4. The van der Waals surface area contributed by atoms with E-state index in [2.05, 4.69) is 32.0 Å². The van der Waals surface area contributed by atoms with E-state index < -0.39 is 0 Å². The Bertz CT molecular complexity index is 913. The molecule has 0 unspecified atom stereocenters. The molecule has 4 aromatic rings. The van der Waals surface area contributed by atoms with Crippen LogP contribution in [0.1, 0.15) is 0 Å². The van der Waals surface area contributed by atoms with E-state index in [1.54, 1.807) is 12.4 Å². The summed E-state index contributed by atoms with van der Waals surface area (Å²) in [6, 6.07) is 13.8. The van der Waals surface area contributed by atoms with E-state index in [-0.39, 0.29) is 0 Å². The molecule has 0 amide bonds. The predicted molar refractivity (Wildman–Crippen MR) is 82.4 cm³/mol. The van der Waals surface area contributed by atoms with Gasteiger partial charge in [0, 0.05) is 27.8 Å². The van der Waals surface area contributed by atoms with E-state index in [0.29, 0.717) is 0 Å². The Kier molecular flexibility index (Phi) is 2.57. The highest BCUT2D eigenvalue weighted by Crippen LogP contribution is 2.30. The summed E-state index contributed by atoms with van der Waals surface area (Å²) in [4.78, 5) is 8.82. The van der Waals surface area contributed by atoms with E-state index in [9.17, 15) is 0 Å². The number of hydrogen-bond acceptors (Lipinski definition) is 3. The first-order valence-electron chi connectivity index (χ1n) is 6.20. The molecule has 3 heterocycles. The first-order chi connectivity index (χ1) is 9.81. The monoisotopic (exact) mass is 324 g/mol. The summed E-state index contributed by atoms with van der Waals surface area (Å²) in [5, 5.41) is 1.02. The molecule has 0 aliphatic heterocycles. The van der Waals surface area contributed by atoms with Gasteiger partial charge in [-0.05, 0) is 58.4 Å². The molecular weight excluding hydrogens is 316 g/mol. The summed E-state index contributed by atoms with van der Waals surface area (Å²) in [7, 11) is 0. The number of hydrogen-bond donors (Lipinski definition) is 0. The van der Waals surface area contributed by atoms with Crippen molar-refractivity contribution in [1.29, 1.82) is 0 Å². The summed E-state index contributed by atoms with van der Waals surface area (Å²) >= 11 is 3.40. The Hall–Kier alpha value is -2.20. The van der Waals surface area contributed by atoms with Gasteiger partial charge in [-0.3, -0.25) is 9.97 Å². The minimum Gasteiger partial charge on any atom is -0.454 e. The molecule has 3 aromatic heterocycles. The molecule has 0 saturated carbocycles. The largest absolute Gasteiger partial charge is 0.454 e. The Morgan fingerprint density at radius 3 is 2.75 bits per heavy atom. The van der Waals surface area contributed by atoms with Gasteiger partial charge in [0.05, 0.1) is 5.69 Å². The van der Waals surface area contributed by atoms with Gasteiger partial charge in [0.25, 0.3) is 0 Å². The van der Waals surface area contributed by atoms with Crippen LogP contribution in [0.15, 0.2) is 63.7 Å². The molecule has 0 atom stereocenters. The van der Waals surface area contributed by atoms with Crippen LogP contribution in [-0.4, -0.2) is 9.97 Å². The van der Waals surface area contributed by atoms with Crippen molar-refractivity contribution in [2.45, 2.75) is 0 Å². The van der Waals surface area contributed by atoms with Crippen molar-refractivity contribution in [3.05, 3.63) is 59.3 Å². The first-order valence-corrected chi connectivity index (χ1v) is 7.00. The lowest BCUT2D eigenvalue weighted by atomic mass is 10.1. The highest BCUT2D eigenvalue weighted by atomic mass is 79.9. The second-order valence-electron chi connectivity index (χ2n) is 4.52. The molecule has 0 aliphatic rings. The average Bonchev–Trinajstić information content (AvgIpc) is 2.86. The Balaban J connectivity index is 1.97. The zero-order chi connectivity index (χ0) is 13.5. The van der Waals surface area contributed by atoms with Gasteiger partial charge < -0.3 is 4.42 Å². The number of furan rings is 1. The van der Waals surface area contributed by atoms with Crippen LogP contribution in [0.3, 0.4) is 0 Å². The SMILES string of the molecule is Brc1ccc(-c2ccc3oc4cccnc4c3c2)nc1. The van der Waals surface area contributed by atoms with Gasteiger partial charge in [-0.2, -0.15) is 0 Å². The minimum absolute atomic E-state index is 0.809. The number of pyridine rings is 2. The van der Waals surface area contributed by atoms with Gasteiger partial charge in [0.15, 0.2) is 5.58 Å². The van der Waals surface area contributed by atoms with Crippen molar-refractivity contribution >= 4 is 38.0 Å². The normalized spacial score (nSPS) is 11.2. The molecular formula is C16H9BrN2O. The lowest BCUT2D eigenvalue weighted by molar-refractivity contribution is 0.668.